The standard InChI is InChI=1S/C48H32N2S/c1-48(35-18-6-3-7-19-35)40-23-10-8-21-38(40)46-36(22-13-24-41(46)48)32-16-12-17-33(28-32)42-30-43(50-47(49-42)31-14-4-2-5-15-31)34-26-27-45-39(29-34)37-20-9-11-25-44(37)51-45/h2-30H,1H3. The number of nitrogens with zero attached hydrogens (tertiary/aromatic N) is 2. The molecule has 0 fully saturated rings. The molecule has 51 heavy (non-hydrogen) atoms. The third-order valence-corrected chi connectivity index (χ3v) is 11.7. The van der Waals surface area contributed by atoms with E-state index in [1.165, 1.54) is 59.1 Å². The fourth-order valence-electron chi connectivity index (χ4n) is 8.06. The zero-order valence-corrected chi connectivity index (χ0v) is 28.9. The molecule has 2 nitrogen and oxygen atoms in total. The molecular formula is C48H32N2S. The van der Waals surface area contributed by atoms with Crippen LogP contribution < -0.4 is 0 Å². The molecule has 0 amide bonds. The minimum absolute atomic E-state index is 0.248. The maximum absolute atomic E-state index is 5.20. The SMILES string of the molecule is CC1(c2ccccc2)c2ccccc2-c2c(-c3cccc(-c4cc(-c5ccc6sc7ccccc7c6c5)nc(-c5ccccc5)n4)c3)cccc21. The van der Waals surface area contributed by atoms with Crippen LogP contribution in [0, 0.1) is 0 Å². The van der Waals surface area contributed by atoms with E-state index in [4.69, 9.17) is 9.97 Å². The number of aromatic nitrogens is 2. The van der Waals surface area contributed by atoms with E-state index >= 15 is 0 Å². The molecule has 0 bridgehead atoms. The van der Waals surface area contributed by atoms with Crippen molar-refractivity contribution in [1.82, 2.24) is 9.97 Å². The van der Waals surface area contributed by atoms with Gasteiger partial charge in [0.15, 0.2) is 5.82 Å². The number of fused-ring (bicyclic) bond motifs is 6. The molecular weight excluding hydrogens is 637 g/mol. The first-order valence-corrected chi connectivity index (χ1v) is 18.2. The van der Waals surface area contributed by atoms with Gasteiger partial charge in [0.2, 0.25) is 0 Å². The van der Waals surface area contributed by atoms with Crippen LogP contribution in [-0.4, -0.2) is 9.97 Å². The van der Waals surface area contributed by atoms with Crippen molar-refractivity contribution in [3.8, 4) is 56.2 Å². The summed E-state index contributed by atoms with van der Waals surface area (Å²) in [6, 6.07) is 63.3. The maximum Gasteiger partial charge on any atom is 0.160 e. The van der Waals surface area contributed by atoms with Gasteiger partial charge in [-0.15, -0.1) is 11.3 Å². The first-order chi connectivity index (χ1) is 25.1. The molecule has 1 aliphatic rings. The second kappa shape index (κ2) is 11.7. The highest BCUT2D eigenvalue weighted by Gasteiger charge is 2.41. The van der Waals surface area contributed by atoms with E-state index in [1.807, 2.05) is 29.5 Å². The maximum atomic E-state index is 5.20. The Balaban J connectivity index is 1.14. The predicted molar refractivity (Wildman–Crippen MR) is 214 cm³/mol. The number of rotatable bonds is 5. The molecule has 1 unspecified atom stereocenters. The Morgan fingerprint density at radius 1 is 0.431 bits per heavy atom. The average Bonchev–Trinajstić information content (AvgIpc) is 3.71. The fourth-order valence-corrected chi connectivity index (χ4v) is 9.14. The normalized spacial score (nSPS) is 14.8. The molecule has 3 heteroatoms. The van der Waals surface area contributed by atoms with Crippen LogP contribution in [0.15, 0.2) is 176 Å². The zero-order valence-electron chi connectivity index (χ0n) is 28.0. The van der Waals surface area contributed by atoms with Crippen molar-refractivity contribution >= 4 is 31.5 Å². The number of hydrogen-bond donors (Lipinski definition) is 0. The third-order valence-electron chi connectivity index (χ3n) is 10.6. The van der Waals surface area contributed by atoms with E-state index in [1.54, 1.807) is 0 Å². The van der Waals surface area contributed by atoms with Gasteiger partial charge in [-0.1, -0.05) is 146 Å². The van der Waals surface area contributed by atoms with Gasteiger partial charge in [0, 0.05) is 42.3 Å². The van der Waals surface area contributed by atoms with Crippen LogP contribution in [0.4, 0.5) is 0 Å². The summed E-state index contributed by atoms with van der Waals surface area (Å²) >= 11 is 1.83. The summed E-state index contributed by atoms with van der Waals surface area (Å²) in [6.45, 7) is 2.37. The van der Waals surface area contributed by atoms with Gasteiger partial charge in [-0.25, -0.2) is 9.97 Å². The Morgan fingerprint density at radius 2 is 1.04 bits per heavy atom. The van der Waals surface area contributed by atoms with Gasteiger partial charge in [-0.2, -0.15) is 0 Å². The van der Waals surface area contributed by atoms with E-state index in [-0.39, 0.29) is 5.41 Å². The van der Waals surface area contributed by atoms with Crippen molar-refractivity contribution in [3.63, 3.8) is 0 Å². The average molecular weight is 669 g/mol. The number of benzene rings is 7. The van der Waals surface area contributed by atoms with Crippen LogP contribution >= 0.6 is 11.3 Å². The zero-order chi connectivity index (χ0) is 33.9. The highest BCUT2D eigenvalue weighted by atomic mass is 32.1. The van der Waals surface area contributed by atoms with E-state index in [9.17, 15) is 0 Å². The van der Waals surface area contributed by atoms with Gasteiger partial charge in [-0.05, 0) is 76.2 Å². The van der Waals surface area contributed by atoms with E-state index in [2.05, 4.69) is 165 Å². The van der Waals surface area contributed by atoms with Gasteiger partial charge in [0.25, 0.3) is 0 Å². The molecule has 2 heterocycles. The summed E-state index contributed by atoms with van der Waals surface area (Å²) in [5.41, 5.74) is 13.7. The van der Waals surface area contributed by atoms with E-state index < -0.39 is 0 Å². The minimum atomic E-state index is -0.248. The van der Waals surface area contributed by atoms with E-state index in [0.717, 1.165) is 33.9 Å². The Kier molecular flexibility index (Phi) is 6.83. The molecule has 0 aliphatic heterocycles. The largest absolute Gasteiger partial charge is 0.228 e. The molecule has 9 aromatic rings. The van der Waals surface area contributed by atoms with Crippen molar-refractivity contribution in [2.45, 2.75) is 12.3 Å². The lowest BCUT2D eigenvalue weighted by Gasteiger charge is -2.28. The topological polar surface area (TPSA) is 25.8 Å². The minimum Gasteiger partial charge on any atom is -0.228 e. The van der Waals surface area contributed by atoms with Crippen LogP contribution in [0.25, 0.3) is 76.3 Å². The quantitative estimate of drug-likeness (QED) is 0.182. The summed E-state index contributed by atoms with van der Waals surface area (Å²) in [6.07, 6.45) is 0. The molecule has 0 saturated carbocycles. The van der Waals surface area contributed by atoms with Crippen LogP contribution in [0.1, 0.15) is 23.6 Å². The van der Waals surface area contributed by atoms with Gasteiger partial charge in [0.05, 0.1) is 11.4 Å². The summed E-state index contributed by atoms with van der Waals surface area (Å²) in [4.78, 5) is 10.4. The Morgan fingerprint density at radius 3 is 1.88 bits per heavy atom. The third kappa shape index (κ3) is 4.77. The van der Waals surface area contributed by atoms with Crippen LogP contribution in [0.2, 0.25) is 0 Å². The molecule has 1 atom stereocenters. The second-order valence-electron chi connectivity index (χ2n) is 13.5. The molecule has 10 rings (SSSR count). The number of thiophene rings is 1. The first-order valence-electron chi connectivity index (χ1n) is 17.4. The smallest absolute Gasteiger partial charge is 0.160 e. The lowest BCUT2D eigenvalue weighted by atomic mass is 9.74. The Hall–Kier alpha value is -6.16. The van der Waals surface area contributed by atoms with Crippen LogP contribution in [0.3, 0.4) is 0 Å². The van der Waals surface area contributed by atoms with Crippen LogP contribution in [0.5, 0.6) is 0 Å². The summed E-state index contributed by atoms with van der Waals surface area (Å²) in [5.74, 6) is 0.719. The molecule has 0 spiro atoms. The molecule has 0 radical (unpaired) electrons. The lowest BCUT2D eigenvalue weighted by molar-refractivity contribution is 0.714. The lowest BCUT2D eigenvalue weighted by Crippen LogP contribution is -2.22. The second-order valence-corrected chi connectivity index (χ2v) is 14.6. The van der Waals surface area contributed by atoms with Crippen molar-refractivity contribution in [2.75, 3.05) is 0 Å². The monoisotopic (exact) mass is 668 g/mol. The summed E-state index contributed by atoms with van der Waals surface area (Å²) < 4.78 is 2.58. The van der Waals surface area contributed by atoms with Gasteiger partial charge in [0.1, 0.15) is 0 Å². The van der Waals surface area contributed by atoms with Crippen molar-refractivity contribution in [1.29, 1.82) is 0 Å². The van der Waals surface area contributed by atoms with Crippen molar-refractivity contribution in [2.24, 2.45) is 0 Å². The van der Waals surface area contributed by atoms with Crippen molar-refractivity contribution in [3.05, 3.63) is 193 Å². The van der Waals surface area contributed by atoms with Gasteiger partial charge in [-0.3, -0.25) is 0 Å². The number of hydrogen-bond acceptors (Lipinski definition) is 3. The van der Waals surface area contributed by atoms with Gasteiger partial charge < -0.3 is 0 Å². The molecule has 7 aromatic carbocycles. The van der Waals surface area contributed by atoms with Crippen molar-refractivity contribution < 1.29 is 0 Å². The fraction of sp³-hybridized carbons (Fsp3) is 0.0417. The van der Waals surface area contributed by atoms with Crippen LogP contribution in [-0.2, 0) is 5.41 Å². The Bertz CT molecular complexity index is 2760. The van der Waals surface area contributed by atoms with E-state index in [0.29, 0.717) is 0 Å². The molecule has 240 valence electrons. The van der Waals surface area contributed by atoms with Gasteiger partial charge >= 0.3 is 0 Å². The Labute approximate surface area is 301 Å². The molecule has 0 N–H and O–H groups in total. The first kappa shape index (κ1) is 29.7. The summed E-state index contributed by atoms with van der Waals surface area (Å²) in [7, 11) is 0. The highest BCUT2D eigenvalue weighted by molar-refractivity contribution is 7.25. The highest BCUT2D eigenvalue weighted by Crippen LogP contribution is 2.55. The molecule has 2 aromatic heterocycles. The molecule has 1 aliphatic carbocycles. The molecule has 0 saturated heterocycles. The predicted octanol–water partition coefficient (Wildman–Crippen LogP) is 12.8. The summed E-state index contributed by atoms with van der Waals surface area (Å²) in [5, 5.41) is 2.54.